The number of hydrogen-bond acceptors (Lipinski definition) is 3. The predicted octanol–water partition coefficient (Wildman–Crippen LogP) is 4.14. The standard InChI is InChI=1S/C18H15BF6N2O2/c20-17(21,22)12-6-5-11(13(9-12)18(23,24)25)10-27-15-4-2-1-3-14(15)26-16(27)7-8-19(28)29/h1-6,9,28-29H,7-8,10H2. The lowest BCUT2D eigenvalue weighted by Crippen LogP contribution is -2.17. The van der Waals surface area contributed by atoms with E-state index in [0.29, 0.717) is 22.9 Å². The lowest BCUT2D eigenvalue weighted by Gasteiger charge is -2.17. The number of aryl methyl sites for hydroxylation is 1. The van der Waals surface area contributed by atoms with Crippen LogP contribution in [0.2, 0.25) is 6.32 Å². The molecule has 154 valence electrons. The molecule has 0 fully saturated rings. The lowest BCUT2D eigenvalue weighted by molar-refractivity contribution is -0.143. The Labute approximate surface area is 161 Å². The van der Waals surface area contributed by atoms with Gasteiger partial charge in [-0.2, -0.15) is 26.3 Å². The predicted molar refractivity (Wildman–Crippen MR) is 94.0 cm³/mol. The topological polar surface area (TPSA) is 58.3 Å². The van der Waals surface area contributed by atoms with Crippen LogP contribution in [0, 0.1) is 0 Å². The van der Waals surface area contributed by atoms with Crippen LogP contribution in [0.4, 0.5) is 26.3 Å². The lowest BCUT2D eigenvalue weighted by atomic mass is 9.84. The maximum absolute atomic E-state index is 13.5. The molecule has 1 aromatic heterocycles. The van der Waals surface area contributed by atoms with Gasteiger partial charge < -0.3 is 14.6 Å². The monoisotopic (exact) mass is 416 g/mol. The van der Waals surface area contributed by atoms with Crippen molar-refractivity contribution < 1.29 is 36.4 Å². The SMILES string of the molecule is OB(O)CCc1nc2ccccc2n1Cc1ccc(C(F)(F)F)cc1C(F)(F)F. The van der Waals surface area contributed by atoms with E-state index in [0.717, 1.165) is 6.07 Å². The van der Waals surface area contributed by atoms with Crippen LogP contribution in [0.3, 0.4) is 0 Å². The Morgan fingerprint density at radius 1 is 0.931 bits per heavy atom. The van der Waals surface area contributed by atoms with Gasteiger partial charge in [-0.25, -0.2) is 4.98 Å². The van der Waals surface area contributed by atoms with Gasteiger partial charge in [-0.15, -0.1) is 0 Å². The van der Waals surface area contributed by atoms with Gasteiger partial charge in [0.15, 0.2) is 0 Å². The zero-order chi connectivity index (χ0) is 21.4. The van der Waals surface area contributed by atoms with Crippen LogP contribution >= 0.6 is 0 Å². The van der Waals surface area contributed by atoms with Gasteiger partial charge >= 0.3 is 19.5 Å². The van der Waals surface area contributed by atoms with Crippen LogP contribution in [0.15, 0.2) is 42.5 Å². The van der Waals surface area contributed by atoms with E-state index < -0.39 is 30.6 Å². The molecule has 2 aromatic carbocycles. The van der Waals surface area contributed by atoms with Gasteiger partial charge in [0.25, 0.3) is 0 Å². The van der Waals surface area contributed by atoms with Gasteiger partial charge in [-0.1, -0.05) is 18.2 Å². The zero-order valence-corrected chi connectivity index (χ0v) is 14.8. The van der Waals surface area contributed by atoms with E-state index in [1.807, 2.05) is 0 Å². The van der Waals surface area contributed by atoms with Gasteiger partial charge in [-0.05, 0) is 36.1 Å². The minimum atomic E-state index is -4.98. The molecular weight excluding hydrogens is 401 g/mol. The number of hydrogen-bond donors (Lipinski definition) is 2. The molecule has 3 rings (SSSR count). The second-order valence-electron chi connectivity index (χ2n) is 6.49. The number of benzene rings is 2. The zero-order valence-electron chi connectivity index (χ0n) is 14.8. The van der Waals surface area contributed by atoms with Crippen molar-refractivity contribution in [3.05, 3.63) is 65.0 Å². The number of para-hydroxylation sites is 2. The molecule has 0 saturated carbocycles. The number of nitrogens with zero attached hydrogens (tertiary/aromatic N) is 2. The molecule has 0 atom stereocenters. The molecule has 0 aliphatic rings. The Kier molecular flexibility index (Phi) is 5.64. The Morgan fingerprint density at radius 2 is 1.62 bits per heavy atom. The highest BCUT2D eigenvalue weighted by Gasteiger charge is 2.38. The highest BCUT2D eigenvalue weighted by atomic mass is 19.4. The van der Waals surface area contributed by atoms with E-state index in [2.05, 4.69) is 4.98 Å². The fourth-order valence-corrected chi connectivity index (χ4v) is 3.08. The van der Waals surface area contributed by atoms with Crippen molar-refractivity contribution in [1.82, 2.24) is 9.55 Å². The number of halogens is 6. The van der Waals surface area contributed by atoms with E-state index in [1.54, 1.807) is 24.3 Å². The Balaban J connectivity index is 2.09. The maximum atomic E-state index is 13.5. The van der Waals surface area contributed by atoms with Crippen molar-refractivity contribution >= 4 is 18.2 Å². The molecule has 2 N–H and O–H groups in total. The van der Waals surface area contributed by atoms with Crippen LogP contribution in [0.5, 0.6) is 0 Å². The summed E-state index contributed by atoms with van der Waals surface area (Å²) in [6, 6.07) is 8.13. The molecule has 0 spiro atoms. The Bertz CT molecular complexity index is 1010. The average molecular weight is 416 g/mol. The summed E-state index contributed by atoms with van der Waals surface area (Å²) in [5.74, 6) is 0.298. The highest BCUT2D eigenvalue weighted by Crippen LogP contribution is 2.38. The van der Waals surface area contributed by atoms with Crippen LogP contribution in [-0.2, 0) is 25.3 Å². The summed E-state index contributed by atoms with van der Waals surface area (Å²) < 4.78 is 80.5. The summed E-state index contributed by atoms with van der Waals surface area (Å²) in [5.41, 5.74) is -2.14. The molecule has 0 saturated heterocycles. The molecular formula is C18H15BF6N2O2. The molecule has 0 aliphatic carbocycles. The molecule has 1 heterocycles. The van der Waals surface area contributed by atoms with Crippen molar-refractivity contribution in [3.63, 3.8) is 0 Å². The first kappa shape index (κ1) is 21.2. The molecule has 0 bridgehead atoms. The first-order valence-corrected chi connectivity index (χ1v) is 8.54. The minimum absolute atomic E-state index is 0.0638. The second kappa shape index (κ2) is 7.71. The van der Waals surface area contributed by atoms with Crippen LogP contribution in [0.25, 0.3) is 11.0 Å². The van der Waals surface area contributed by atoms with Crippen LogP contribution in [-0.4, -0.2) is 26.7 Å². The molecule has 0 aliphatic heterocycles. The fraction of sp³-hybridized carbons (Fsp3) is 0.278. The smallest absolute Gasteiger partial charge is 0.427 e. The number of rotatable bonds is 5. The van der Waals surface area contributed by atoms with Crippen molar-refractivity contribution in [1.29, 1.82) is 0 Å². The number of imidazole rings is 1. The van der Waals surface area contributed by atoms with Crippen LogP contribution in [0.1, 0.15) is 22.5 Å². The summed E-state index contributed by atoms with van der Waals surface area (Å²) in [6.45, 7) is -0.371. The van der Waals surface area contributed by atoms with Gasteiger partial charge in [0.05, 0.1) is 22.2 Å². The van der Waals surface area contributed by atoms with E-state index in [4.69, 9.17) is 10.0 Å². The van der Waals surface area contributed by atoms with Crippen molar-refractivity contribution in [2.24, 2.45) is 0 Å². The number of alkyl halides is 6. The summed E-state index contributed by atoms with van der Waals surface area (Å²) in [6.07, 6.45) is -9.91. The van der Waals surface area contributed by atoms with Gasteiger partial charge in [0.1, 0.15) is 5.82 Å². The Hall–Kier alpha value is -2.53. The number of aromatic nitrogens is 2. The maximum Gasteiger partial charge on any atom is 0.451 e. The molecule has 0 radical (unpaired) electrons. The first-order chi connectivity index (χ1) is 13.5. The van der Waals surface area contributed by atoms with E-state index in [1.165, 1.54) is 4.57 Å². The summed E-state index contributed by atoms with van der Waals surface area (Å²) in [7, 11) is -1.62. The molecule has 3 aromatic rings. The highest BCUT2D eigenvalue weighted by molar-refractivity contribution is 6.40. The van der Waals surface area contributed by atoms with E-state index in [-0.39, 0.29) is 30.9 Å². The third kappa shape index (κ3) is 4.73. The fourth-order valence-electron chi connectivity index (χ4n) is 3.08. The summed E-state index contributed by atoms with van der Waals surface area (Å²) >= 11 is 0. The van der Waals surface area contributed by atoms with Gasteiger partial charge in [-0.3, -0.25) is 0 Å². The molecule has 4 nitrogen and oxygen atoms in total. The van der Waals surface area contributed by atoms with Crippen molar-refractivity contribution in [3.8, 4) is 0 Å². The third-order valence-electron chi connectivity index (χ3n) is 4.43. The summed E-state index contributed by atoms with van der Waals surface area (Å²) in [4.78, 5) is 4.31. The normalized spacial score (nSPS) is 12.6. The van der Waals surface area contributed by atoms with Crippen molar-refractivity contribution in [2.45, 2.75) is 31.6 Å². The molecule has 29 heavy (non-hydrogen) atoms. The average Bonchev–Trinajstić information content (AvgIpc) is 2.96. The van der Waals surface area contributed by atoms with Crippen LogP contribution < -0.4 is 0 Å². The molecule has 0 amide bonds. The second-order valence-corrected chi connectivity index (χ2v) is 6.49. The van der Waals surface area contributed by atoms with Gasteiger partial charge in [0.2, 0.25) is 0 Å². The largest absolute Gasteiger partial charge is 0.451 e. The third-order valence-corrected chi connectivity index (χ3v) is 4.43. The summed E-state index contributed by atoms with van der Waals surface area (Å²) in [5, 5.41) is 18.2. The van der Waals surface area contributed by atoms with E-state index in [9.17, 15) is 26.3 Å². The van der Waals surface area contributed by atoms with E-state index >= 15 is 0 Å². The van der Waals surface area contributed by atoms with Crippen molar-refractivity contribution in [2.75, 3.05) is 0 Å². The first-order valence-electron chi connectivity index (χ1n) is 8.54. The van der Waals surface area contributed by atoms with Gasteiger partial charge in [0, 0.05) is 13.0 Å². The molecule has 11 heteroatoms. The minimum Gasteiger partial charge on any atom is -0.427 e. The number of fused-ring (bicyclic) bond motifs is 1. The Morgan fingerprint density at radius 3 is 2.24 bits per heavy atom. The quantitative estimate of drug-likeness (QED) is 0.486. The molecule has 0 unspecified atom stereocenters.